The second-order valence-electron chi connectivity index (χ2n) is 4.21. The van der Waals surface area contributed by atoms with Crippen LogP contribution in [0.25, 0.3) is 0 Å². The van der Waals surface area contributed by atoms with E-state index in [4.69, 9.17) is 4.74 Å². The third-order valence-corrected chi connectivity index (χ3v) is 3.71. The molecule has 22 heavy (non-hydrogen) atoms. The molecule has 1 heterocycles. The van der Waals surface area contributed by atoms with Gasteiger partial charge in [-0.1, -0.05) is 11.8 Å². The highest BCUT2D eigenvalue weighted by Crippen LogP contribution is 2.20. The maximum Gasteiger partial charge on any atom is 0.234 e. The maximum absolute atomic E-state index is 11.9. The molecule has 0 spiro atoms. The van der Waals surface area contributed by atoms with Crippen LogP contribution in [0.2, 0.25) is 0 Å². The summed E-state index contributed by atoms with van der Waals surface area (Å²) in [6.45, 7) is 0. The average Bonchev–Trinajstić information content (AvgIpc) is 2.54. The first-order valence-electron chi connectivity index (χ1n) is 6.33. The number of aromatic nitrogens is 1. The predicted octanol–water partition coefficient (Wildman–Crippen LogP) is 1.18. The standard InChI is InChI=1S/C15H14N2O4S/c1-21-11-6-4-10(5-7-11)17-13(18)9-22-14-12(15(19)20)3-2-8-16-14/h2-8H,9H2,1H3,(H,17,18)(H,19,20)/p-1. The zero-order chi connectivity index (χ0) is 15.9. The van der Waals surface area contributed by atoms with E-state index in [0.717, 1.165) is 11.8 Å². The number of carbonyl (C=O) groups excluding carboxylic acids is 2. The van der Waals surface area contributed by atoms with Crippen LogP contribution in [0.5, 0.6) is 5.75 Å². The van der Waals surface area contributed by atoms with Gasteiger partial charge < -0.3 is 20.0 Å². The summed E-state index contributed by atoms with van der Waals surface area (Å²) >= 11 is 1.04. The number of hydrogen-bond acceptors (Lipinski definition) is 6. The van der Waals surface area contributed by atoms with Crippen molar-refractivity contribution in [3.8, 4) is 5.75 Å². The molecule has 1 N–H and O–H groups in total. The van der Waals surface area contributed by atoms with Crippen molar-refractivity contribution in [3.05, 3.63) is 48.2 Å². The summed E-state index contributed by atoms with van der Waals surface area (Å²) in [5.41, 5.74) is 0.609. The zero-order valence-corrected chi connectivity index (χ0v) is 12.6. The summed E-state index contributed by atoms with van der Waals surface area (Å²) in [6.07, 6.45) is 1.47. The molecule has 0 saturated heterocycles. The number of carboxylic acids is 1. The van der Waals surface area contributed by atoms with Crippen molar-refractivity contribution in [2.45, 2.75) is 5.03 Å². The van der Waals surface area contributed by atoms with E-state index in [0.29, 0.717) is 11.4 Å². The van der Waals surface area contributed by atoms with E-state index in [1.807, 2.05) is 0 Å². The number of amides is 1. The highest BCUT2D eigenvalue weighted by Gasteiger charge is 2.09. The molecule has 0 fully saturated rings. The van der Waals surface area contributed by atoms with Crippen LogP contribution < -0.4 is 15.2 Å². The number of hydrogen-bond donors (Lipinski definition) is 1. The fourth-order valence-electron chi connectivity index (χ4n) is 1.67. The normalized spacial score (nSPS) is 10.0. The Hall–Kier alpha value is -2.54. The van der Waals surface area contributed by atoms with Crippen molar-refractivity contribution >= 4 is 29.3 Å². The van der Waals surface area contributed by atoms with Crippen molar-refractivity contribution in [1.82, 2.24) is 4.98 Å². The molecule has 114 valence electrons. The number of methoxy groups -OCH3 is 1. The Bertz CT molecular complexity index is 673. The van der Waals surface area contributed by atoms with E-state index < -0.39 is 5.97 Å². The third kappa shape index (κ3) is 4.23. The fraction of sp³-hybridized carbons (Fsp3) is 0.133. The summed E-state index contributed by atoms with van der Waals surface area (Å²) in [7, 11) is 1.56. The van der Waals surface area contributed by atoms with Gasteiger partial charge in [0, 0.05) is 17.4 Å². The van der Waals surface area contributed by atoms with Gasteiger partial charge in [0.15, 0.2) is 0 Å². The summed E-state index contributed by atoms with van der Waals surface area (Å²) < 4.78 is 5.03. The minimum Gasteiger partial charge on any atom is -0.545 e. The number of anilines is 1. The van der Waals surface area contributed by atoms with E-state index >= 15 is 0 Å². The first-order valence-corrected chi connectivity index (χ1v) is 7.32. The Kier molecular flexibility index (Phi) is 5.37. The number of nitrogens with one attached hydrogen (secondary N) is 1. The van der Waals surface area contributed by atoms with Gasteiger partial charge >= 0.3 is 0 Å². The number of benzene rings is 1. The van der Waals surface area contributed by atoms with Gasteiger partial charge in [-0.2, -0.15) is 0 Å². The van der Waals surface area contributed by atoms with Gasteiger partial charge in [-0.25, -0.2) is 4.98 Å². The van der Waals surface area contributed by atoms with Gasteiger partial charge in [0.25, 0.3) is 0 Å². The molecule has 6 nitrogen and oxygen atoms in total. The van der Waals surface area contributed by atoms with Crippen LogP contribution in [0.1, 0.15) is 10.4 Å². The van der Waals surface area contributed by atoms with Crippen molar-refractivity contribution in [2.75, 3.05) is 18.2 Å². The number of pyridine rings is 1. The predicted molar refractivity (Wildman–Crippen MR) is 80.9 cm³/mol. The molecule has 7 heteroatoms. The summed E-state index contributed by atoms with van der Waals surface area (Å²) in [4.78, 5) is 26.8. The molecule has 1 aromatic heterocycles. The summed E-state index contributed by atoms with van der Waals surface area (Å²) in [6, 6.07) is 9.80. The Labute approximate surface area is 131 Å². The molecule has 0 aliphatic heterocycles. The van der Waals surface area contributed by atoms with E-state index in [-0.39, 0.29) is 22.2 Å². The molecule has 2 rings (SSSR count). The second-order valence-corrected chi connectivity index (χ2v) is 5.17. The topological polar surface area (TPSA) is 91.3 Å². The quantitative estimate of drug-likeness (QED) is 0.805. The average molecular weight is 317 g/mol. The summed E-state index contributed by atoms with van der Waals surface area (Å²) in [5.74, 6) is -0.834. The van der Waals surface area contributed by atoms with Crippen molar-refractivity contribution < 1.29 is 19.4 Å². The van der Waals surface area contributed by atoms with Crippen LogP contribution in [0, 0.1) is 0 Å². The Balaban J connectivity index is 1.94. The highest BCUT2D eigenvalue weighted by atomic mass is 32.2. The molecular weight excluding hydrogens is 304 g/mol. The lowest BCUT2D eigenvalue weighted by Gasteiger charge is -2.09. The smallest absolute Gasteiger partial charge is 0.234 e. The van der Waals surface area contributed by atoms with Crippen LogP contribution in [0.4, 0.5) is 5.69 Å². The van der Waals surface area contributed by atoms with Crippen LogP contribution in [-0.4, -0.2) is 29.7 Å². The van der Waals surface area contributed by atoms with E-state index in [1.54, 1.807) is 31.4 Å². The van der Waals surface area contributed by atoms with Gasteiger partial charge in [-0.05, 0) is 36.4 Å². The molecule has 0 aliphatic carbocycles. The number of aromatic carboxylic acids is 1. The monoisotopic (exact) mass is 317 g/mol. The molecule has 0 unspecified atom stereocenters. The minimum atomic E-state index is -1.31. The van der Waals surface area contributed by atoms with E-state index in [1.165, 1.54) is 18.3 Å². The lowest BCUT2D eigenvalue weighted by molar-refractivity contribution is -0.255. The molecule has 1 amide bonds. The van der Waals surface area contributed by atoms with Gasteiger partial charge in [0.2, 0.25) is 5.91 Å². The summed E-state index contributed by atoms with van der Waals surface area (Å²) in [5, 5.41) is 13.9. The molecule has 2 aromatic rings. The van der Waals surface area contributed by atoms with Crippen LogP contribution in [-0.2, 0) is 4.79 Å². The molecule has 1 aromatic carbocycles. The van der Waals surface area contributed by atoms with Crippen molar-refractivity contribution in [3.63, 3.8) is 0 Å². The Morgan fingerprint density at radius 3 is 2.64 bits per heavy atom. The first kappa shape index (κ1) is 15.8. The molecule has 0 radical (unpaired) electrons. The minimum absolute atomic E-state index is 0.0234. The molecule has 0 saturated carbocycles. The van der Waals surface area contributed by atoms with Gasteiger partial charge in [0.05, 0.1) is 18.8 Å². The first-order chi connectivity index (χ1) is 10.6. The number of nitrogens with zero attached hydrogens (tertiary/aromatic N) is 1. The highest BCUT2D eigenvalue weighted by molar-refractivity contribution is 8.00. The van der Waals surface area contributed by atoms with E-state index in [9.17, 15) is 14.7 Å². The number of ether oxygens (including phenoxy) is 1. The largest absolute Gasteiger partial charge is 0.545 e. The van der Waals surface area contributed by atoms with Crippen molar-refractivity contribution in [2.24, 2.45) is 0 Å². The van der Waals surface area contributed by atoms with Gasteiger partial charge in [-0.15, -0.1) is 0 Å². The molecule has 0 bridgehead atoms. The van der Waals surface area contributed by atoms with Crippen molar-refractivity contribution in [1.29, 1.82) is 0 Å². The molecular formula is C15H13N2O4S-. The number of carbonyl (C=O) groups is 2. The lowest BCUT2D eigenvalue weighted by Crippen LogP contribution is -2.23. The van der Waals surface area contributed by atoms with Crippen LogP contribution in [0.15, 0.2) is 47.6 Å². The SMILES string of the molecule is COc1ccc(NC(=O)CSc2ncccc2C(=O)[O-])cc1. The van der Waals surface area contributed by atoms with Crippen LogP contribution in [0.3, 0.4) is 0 Å². The molecule has 0 atom stereocenters. The van der Waals surface area contributed by atoms with Crippen LogP contribution >= 0.6 is 11.8 Å². The number of carboxylic acid groups (broad SMARTS) is 1. The Morgan fingerprint density at radius 1 is 1.27 bits per heavy atom. The van der Waals surface area contributed by atoms with Gasteiger partial charge in [0.1, 0.15) is 10.8 Å². The molecule has 0 aliphatic rings. The van der Waals surface area contributed by atoms with Gasteiger partial charge in [-0.3, -0.25) is 4.79 Å². The fourth-order valence-corrected chi connectivity index (χ4v) is 2.45. The zero-order valence-electron chi connectivity index (χ0n) is 11.7. The number of thioether (sulfide) groups is 1. The second kappa shape index (κ2) is 7.46. The maximum atomic E-state index is 11.9. The third-order valence-electron chi connectivity index (χ3n) is 2.70. The Morgan fingerprint density at radius 2 is 2.00 bits per heavy atom. The lowest BCUT2D eigenvalue weighted by atomic mass is 10.3. The number of rotatable bonds is 6. The van der Waals surface area contributed by atoms with E-state index in [2.05, 4.69) is 10.3 Å².